The molecule has 0 saturated carbocycles. The fourth-order valence-corrected chi connectivity index (χ4v) is 3.83. The lowest BCUT2D eigenvalue weighted by Gasteiger charge is -2.12. The van der Waals surface area contributed by atoms with Crippen molar-refractivity contribution in [2.45, 2.75) is 46.5 Å². The summed E-state index contributed by atoms with van der Waals surface area (Å²) in [7, 11) is 0. The van der Waals surface area contributed by atoms with Crippen molar-refractivity contribution in [1.82, 2.24) is 0 Å². The maximum absolute atomic E-state index is 12.3. The van der Waals surface area contributed by atoms with E-state index in [0.29, 0.717) is 10.6 Å². The van der Waals surface area contributed by atoms with E-state index in [2.05, 4.69) is 5.32 Å². The smallest absolute Gasteiger partial charge is 0.341 e. The van der Waals surface area contributed by atoms with Gasteiger partial charge in [-0.3, -0.25) is 9.59 Å². The van der Waals surface area contributed by atoms with Gasteiger partial charge in [0, 0.05) is 4.88 Å². The van der Waals surface area contributed by atoms with E-state index in [0.717, 1.165) is 36.1 Å². The molecule has 1 heterocycles. The Labute approximate surface area is 145 Å². The first kappa shape index (κ1) is 18.4. The van der Waals surface area contributed by atoms with E-state index in [-0.39, 0.29) is 19.1 Å². The molecule has 0 unspecified atom stereocenters. The summed E-state index contributed by atoms with van der Waals surface area (Å²) >= 11 is 1.41. The molecular formula is C17H23NO5S. The number of thiophene rings is 1. The van der Waals surface area contributed by atoms with E-state index in [1.165, 1.54) is 11.3 Å². The van der Waals surface area contributed by atoms with E-state index >= 15 is 0 Å². The molecule has 6 nitrogen and oxygen atoms in total. The van der Waals surface area contributed by atoms with Gasteiger partial charge in [-0.15, -0.1) is 11.3 Å². The fraction of sp³-hybridized carbons (Fsp3) is 0.588. The number of carbonyl (C=O) groups excluding carboxylic acids is 3. The second-order valence-corrected chi connectivity index (χ2v) is 7.05. The van der Waals surface area contributed by atoms with E-state index in [4.69, 9.17) is 9.47 Å². The number of aryl methyl sites for hydroxylation is 1. The Morgan fingerprint density at radius 1 is 1.17 bits per heavy atom. The van der Waals surface area contributed by atoms with Gasteiger partial charge in [-0.05, 0) is 38.2 Å². The Kier molecular flexibility index (Phi) is 6.36. The molecule has 1 aromatic rings. The molecule has 0 spiro atoms. The molecule has 1 N–H and O–H groups in total. The number of nitrogens with one attached hydrogen (secondary N) is 1. The minimum absolute atomic E-state index is 0.281. The number of amides is 1. The highest BCUT2D eigenvalue weighted by Gasteiger charge is 2.27. The van der Waals surface area contributed by atoms with Crippen LogP contribution < -0.4 is 5.32 Å². The van der Waals surface area contributed by atoms with Gasteiger partial charge >= 0.3 is 11.9 Å². The van der Waals surface area contributed by atoms with Crippen molar-refractivity contribution in [3.8, 4) is 0 Å². The molecule has 1 aliphatic carbocycles. The van der Waals surface area contributed by atoms with Crippen LogP contribution in [0, 0.1) is 5.92 Å². The summed E-state index contributed by atoms with van der Waals surface area (Å²) in [4.78, 5) is 36.9. The summed E-state index contributed by atoms with van der Waals surface area (Å²) < 4.78 is 10.1. The zero-order chi connectivity index (χ0) is 17.7. The first-order valence-electron chi connectivity index (χ1n) is 8.22. The normalized spacial score (nSPS) is 13.3. The van der Waals surface area contributed by atoms with Gasteiger partial charge in [0.05, 0.1) is 18.1 Å². The van der Waals surface area contributed by atoms with Gasteiger partial charge < -0.3 is 14.8 Å². The lowest BCUT2D eigenvalue weighted by atomic mass is 9.95. The minimum atomic E-state index is -0.451. The molecule has 0 bridgehead atoms. The van der Waals surface area contributed by atoms with Gasteiger partial charge in [0.2, 0.25) is 0 Å². The highest BCUT2D eigenvalue weighted by molar-refractivity contribution is 7.17. The molecule has 0 aromatic carbocycles. The Balaban J connectivity index is 2.14. The molecule has 1 aromatic heterocycles. The first-order valence-corrected chi connectivity index (χ1v) is 9.03. The fourth-order valence-electron chi connectivity index (χ4n) is 2.54. The number of fused-ring (bicyclic) bond motifs is 1. The van der Waals surface area contributed by atoms with Gasteiger partial charge in [-0.2, -0.15) is 0 Å². The van der Waals surface area contributed by atoms with Crippen LogP contribution in [0.5, 0.6) is 0 Å². The lowest BCUT2D eigenvalue weighted by Crippen LogP contribution is -2.23. The predicted octanol–water partition coefficient (Wildman–Crippen LogP) is 2.94. The molecule has 0 saturated heterocycles. The maximum Gasteiger partial charge on any atom is 0.341 e. The molecule has 1 amide bonds. The summed E-state index contributed by atoms with van der Waals surface area (Å²) in [6.45, 7) is 5.07. The topological polar surface area (TPSA) is 81.7 Å². The second-order valence-electron chi connectivity index (χ2n) is 5.95. The Bertz CT molecular complexity index is 635. The zero-order valence-electron chi connectivity index (χ0n) is 14.3. The van der Waals surface area contributed by atoms with E-state index < -0.39 is 17.8 Å². The monoisotopic (exact) mass is 353 g/mol. The van der Waals surface area contributed by atoms with E-state index in [1.807, 2.05) is 0 Å². The first-order chi connectivity index (χ1) is 11.4. The number of hydrogen-bond donors (Lipinski definition) is 1. The Morgan fingerprint density at radius 2 is 1.88 bits per heavy atom. The molecule has 0 radical (unpaired) electrons. The predicted molar refractivity (Wildman–Crippen MR) is 91.3 cm³/mol. The van der Waals surface area contributed by atoms with Crippen molar-refractivity contribution >= 4 is 34.2 Å². The summed E-state index contributed by atoms with van der Waals surface area (Å²) in [5, 5.41) is 3.19. The van der Waals surface area contributed by atoms with Crippen molar-refractivity contribution in [1.29, 1.82) is 0 Å². The average Bonchev–Trinajstić information content (AvgIpc) is 2.90. The van der Waals surface area contributed by atoms with Crippen LogP contribution in [0.3, 0.4) is 0 Å². The van der Waals surface area contributed by atoms with Gasteiger partial charge in [0.15, 0.2) is 6.61 Å². The number of esters is 2. The van der Waals surface area contributed by atoms with Crippen molar-refractivity contribution in [2.75, 3.05) is 18.5 Å². The number of ether oxygens (including phenoxy) is 2. The van der Waals surface area contributed by atoms with Crippen LogP contribution in [-0.4, -0.2) is 31.1 Å². The van der Waals surface area contributed by atoms with Crippen molar-refractivity contribution < 1.29 is 23.9 Å². The summed E-state index contributed by atoms with van der Waals surface area (Å²) in [5.74, 6) is -1.58. The second kappa shape index (κ2) is 8.28. The molecule has 7 heteroatoms. The molecule has 0 fully saturated rings. The van der Waals surface area contributed by atoms with Crippen molar-refractivity contribution in [2.24, 2.45) is 5.92 Å². The third kappa shape index (κ3) is 4.35. The van der Waals surface area contributed by atoms with E-state index in [1.54, 1.807) is 20.8 Å². The Hall–Kier alpha value is -1.89. The van der Waals surface area contributed by atoms with Crippen molar-refractivity contribution in [3.05, 3.63) is 16.0 Å². The SMILES string of the molecule is CCOC(=O)c1c(NC(=O)COC(=O)C(C)C)sc2c1CCCC2. The molecule has 0 aliphatic heterocycles. The molecule has 24 heavy (non-hydrogen) atoms. The highest BCUT2D eigenvalue weighted by atomic mass is 32.1. The third-order valence-electron chi connectivity index (χ3n) is 3.72. The molecule has 0 atom stereocenters. The van der Waals surface area contributed by atoms with Gasteiger partial charge in [-0.25, -0.2) is 4.79 Å². The number of anilines is 1. The average molecular weight is 353 g/mol. The van der Waals surface area contributed by atoms with Crippen LogP contribution in [0.2, 0.25) is 0 Å². The highest BCUT2D eigenvalue weighted by Crippen LogP contribution is 2.38. The molecule has 1 aliphatic rings. The maximum atomic E-state index is 12.3. The van der Waals surface area contributed by atoms with Crippen LogP contribution in [0.1, 0.15) is 54.4 Å². The summed E-state index contributed by atoms with van der Waals surface area (Å²) in [5.41, 5.74) is 1.44. The largest absolute Gasteiger partial charge is 0.462 e. The van der Waals surface area contributed by atoms with Crippen LogP contribution in [0.25, 0.3) is 0 Å². The third-order valence-corrected chi connectivity index (χ3v) is 4.93. The minimum Gasteiger partial charge on any atom is -0.462 e. The van der Waals surface area contributed by atoms with Gasteiger partial charge in [0.1, 0.15) is 5.00 Å². The van der Waals surface area contributed by atoms with Gasteiger partial charge in [-0.1, -0.05) is 13.8 Å². The molecule has 2 rings (SSSR count). The zero-order valence-corrected chi connectivity index (χ0v) is 15.1. The van der Waals surface area contributed by atoms with Crippen LogP contribution in [-0.2, 0) is 31.9 Å². The lowest BCUT2D eigenvalue weighted by molar-refractivity contribution is -0.150. The van der Waals surface area contributed by atoms with Gasteiger partial charge in [0.25, 0.3) is 5.91 Å². The summed E-state index contributed by atoms with van der Waals surface area (Å²) in [6, 6.07) is 0. The number of hydrogen-bond acceptors (Lipinski definition) is 6. The quantitative estimate of drug-likeness (QED) is 0.795. The molecular weight excluding hydrogens is 330 g/mol. The molecule has 132 valence electrons. The van der Waals surface area contributed by atoms with Crippen LogP contribution >= 0.6 is 11.3 Å². The van der Waals surface area contributed by atoms with Crippen LogP contribution in [0.4, 0.5) is 5.00 Å². The van der Waals surface area contributed by atoms with Crippen LogP contribution in [0.15, 0.2) is 0 Å². The number of rotatable bonds is 6. The standard InChI is InChI=1S/C17H23NO5S/c1-4-22-17(21)14-11-7-5-6-8-12(11)24-15(14)18-13(19)9-23-16(20)10(2)3/h10H,4-9H2,1-3H3,(H,18,19). The van der Waals surface area contributed by atoms with Crippen molar-refractivity contribution in [3.63, 3.8) is 0 Å². The number of carbonyl (C=O) groups is 3. The summed E-state index contributed by atoms with van der Waals surface area (Å²) in [6.07, 6.45) is 3.83. The van der Waals surface area contributed by atoms with E-state index in [9.17, 15) is 14.4 Å². The Morgan fingerprint density at radius 3 is 2.54 bits per heavy atom.